The van der Waals surface area contributed by atoms with E-state index in [0.717, 1.165) is 37.3 Å². The number of nitrogens with zero attached hydrogens (tertiary/aromatic N) is 2. The number of aromatic carboxylic acids is 1. The highest BCUT2D eigenvalue weighted by molar-refractivity contribution is 5.95. The number of rotatable bonds is 2. The van der Waals surface area contributed by atoms with Gasteiger partial charge in [-0.15, -0.1) is 0 Å². The Balaban J connectivity index is 2.40. The van der Waals surface area contributed by atoms with Crippen molar-refractivity contribution in [3.8, 4) is 0 Å². The van der Waals surface area contributed by atoms with Crippen molar-refractivity contribution in [1.82, 2.24) is 4.98 Å². The van der Waals surface area contributed by atoms with Crippen molar-refractivity contribution in [3.05, 3.63) is 23.5 Å². The number of hydrogen-bond acceptors (Lipinski definition) is 3. The van der Waals surface area contributed by atoms with Gasteiger partial charge in [0.15, 0.2) is 0 Å². The Kier molecular flexibility index (Phi) is 3.08. The molecule has 86 valence electrons. The maximum atomic E-state index is 11.2. The first-order chi connectivity index (χ1) is 7.70. The van der Waals surface area contributed by atoms with Gasteiger partial charge >= 0.3 is 5.97 Å². The van der Waals surface area contributed by atoms with Gasteiger partial charge in [0, 0.05) is 19.3 Å². The second-order valence-electron chi connectivity index (χ2n) is 4.15. The van der Waals surface area contributed by atoms with Gasteiger partial charge in [-0.05, 0) is 32.3 Å². The number of aromatic nitrogens is 1. The lowest BCUT2D eigenvalue weighted by molar-refractivity contribution is 0.0697. The Morgan fingerprint density at radius 2 is 2.06 bits per heavy atom. The van der Waals surface area contributed by atoms with Gasteiger partial charge in [-0.1, -0.05) is 0 Å². The minimum absolute atomic E-state index is 0.370. The van der Waals surface area contributed by atoms with E-state index >= 15 is 0 Å². The first kappa shape index (κ1) is 10.9. The van der Waals surface area contributed by atoms with E-state index in [1.165, 1.54) is 6.42 Å². The molecule has 1 aromatic heterocycles. The van der Waals surface area contributed by atoms with Crippen LogP contribution in [0.1, 0.15) is 35.3 Å². The first-order valence-corrected chi connectivity index (χ1v) is 5.64. The fourth-order valence-corrected chi connectivity index (χ4v) is 2.25. The van der Waals surface area contributed by atoms with Crippen LogP contribution in [0.4, 0.5) is 5.69 Å². The number of aryl methyl sites for hydroxylation is 1. The summed E-state index contributed by atoms with van der Waals surface area (Å²) >= 11 is 0. The molecule has 0 bridgehead atoms. The lowest BCUT2D eigenvalue weighted by atomic mass is 10.1. The standard InChI is InChI=1S/C12H16N2O2/c1-9-11(14-7-3-2-4-8-14)10(12(15)16)5-6-13-9/h5-6H,2-4,7-8H2,1H3,(H,15,16). The molecule has 0 aliphatic carbocycles. The quantitative estimate of drug-likeness (QED) is 0.829. The molecular formula is C12H16N2O2. The predicted octanol–water partition coefficient (Wildman–Crippen LogP) is 2.08. The zero-order valence-electron chi connectivity index (χ0n) is 9.44. The van der Waals surface area contributed by atoms with Crippen molar-refractivity contribution in [2.45, 2.75) is 26.2 Å². The summed E-state index contributed by atoms with van der Waals surface area (Å²) in [5.41, 5.74) is 1.98. The summed E-state index contributed by atoms with van der Waals surface area (Å²) in [5, 5.41) is 9.17. The number of hydrogen-bond donors (Lipinski definition) is 1. The molecule has 0 radical (unpaired) electrons. The number of piperidine rings is 1. The van der Waals surface area contributed by atoms with Gasteiger partial charge in [-0.3, -0.25) is 4.98 Å². The van der Waals surface area contributed by atoms with Crippen LogP contribution in [0.5, 0.6) is 0 Å². The monoisotopic (exact) mass is 220 g/mol. The number of carboxylic acid groups (broad SMARTS) is 1. The molecule has 0 saturated carbocycles. The van der Waals surface area contributed by atoms with Gasteiger partial charge in [0.1, 0.15) is 0 Å². The van der Waals surface area contributed by atoms with Crippen LogP contribution in [0, 0.1) is 6.92 Å². The summed E-state index contributed by atoms with van der Waals surface area (Å²) in [5.74, 6) is -0.869. The molecule has 2 heterocycles. The van der Waals surface area contributed by atoms with E-state index in [1.54, 1.807) is 12.3 Å². The SMILES string of the molecule is Cc1nccc(C(=O)O)c1N1CCCCC1. The third-order valence-electron chi connectivity index (χ3n) is 3.01. The molecule has 2 rings (SSSR count). The lowest BCUT2D eigenvalue weighted by Crippen LogP contribution is -2.31. The van der Waals surface area contributed by atoms with E-state index < -0.39 is 5.97 Å². The van der Waals surface area contributed by atoms with Crippen LogP contribution in [0.2, 0.25) is 0 Å². The molecule has 0 atom stereocenters. The smallest absolute Gasteiger partial charge is 0.337 e. The highest BCUT2D eigenvalue weighted by atomic mass is 16.4. The average molecular weight is 220 g/mol. The zero-order chi connectivity index (χ0) is 11.5. The summed E-state index contributed by atoms with van der Waals surface area (Å²) in [4.78, 5) is 17.5. The van der Waals surface area contributed by atoms with Crippen molar-refractivity contribution in [3.63, 3.8) is 0 Å². The van der Waals surface area contributed by atoms with Gasteiger partial charge < -0.3 is 10.0 Å². The van der Waals surface area contributed by atoms with Crippen molar-refractivity contribution >= 4 is 11.7 Å². The summed E-state index contributed by atoms with van der Waals surface area (Å²) in [7, 11) is 0. The average Bonchev–Trinajstić information content (AvgIpc) is 2.29. The van der Waals surface area contributed by atoms with E-state index in [-0.39, 0.29) is 0 Å². The maximum Gasteiger partial charge on any atom is 0.337 e. The summed E-state index contributed by atoms with van der Waals surface area (Å²) in [6.07, 6.45) is 5.06. The molecule has 4 nitrogen and oxygen atoms in total. The molecule has 1 aliphatic heterocycles. The van der Waals surface area contributed by atoms with Crippen LogP contribution in [-0.4, -0.2) is 29.1 Å². The fraction of sp³-hybridized carbons (Fsp3) is 0.500. The Morgan fingerprint density at radius 1 is 1.38 bits per heavy atom. The molecule has 1 N–H and O–H groups in total. The maximum absolute atomic E-state index is 11.2. The number of carboxylic acids is 1. The van der Waals surface area contributed by atoms with E-state index in [4.69, 9.17) is 5.11 Å². The van der Waals surface area contributed by atoms with Crippen molar-refractivity contribution in [1.29, 1.82) is 0 Å². The second-order valence-corrected chi connectivity index (χ2v) is 4.15. The highest BCUT2D eigenvalue weighted by Crippen LogP contribution is 2.26. The van der Waals surface area contributed by atoms with Gasteiger partial charge in [-0.2, -0.15) is 0 Å². The van der Waals surface area contributed by atoms with E-state index in [2.05, 4.69) is 9.88 Å². The van der Waals surface area contributed by atoms with Crippen LogP contribution in [0.3, 0.4) is 0 Å². The molecule has 0 unspecified atom stereocenters. The minimum atomic E-state index is -0.869. The zero-order valence-corrected chi connectivity index (χ0v) is 9.44. The Hall–Kier alpha value is -1.58. The van der Waals surface area contributed by atoms with E-state index in [1.807, 2.05) is 6.92 Å². The van der Waals surface area contributed by atoms with Gasteiger partial charge in [0.25, 0.3) is 0 Å². The summed E-state index contributed by atoms with van der Waals surface area (Å²) < 4.78 is 0. The topological polar surface area (TPSA) is 53.4 Å². The largest absolute Gasteiger partial charge is 0.478 e. The fourth-order valence-electron chi connectivity index (χ4n) is 2.25. The molecular weight excluding hydrogens is 204 g/mol. The molecule has 0 spiro atoms. The van der Waals surface area contributed by atoms with Gasteiger partial charge in [-0.25, -0.2) is 4.79 Å². The number of carbonyl (C=O) groups is 1. The number of anilines is 1. The van der Waals surface area contributed by atoms with Crippen molar-refractivity contribution < 1.29 is 9.90 Å². The van der Waals surface area contributed by atoms with Crippen molar-refractivity contribution in [2.75, 3.05) is 18.0 Å². The third-order valence-corrected chi connectivity index (χ3v) is 3.01. The molecule has 1 aliphatic rings. The third kappa shape index (κ3) is 2.01. The van der Waals surface area contributed by atoms with Gasteiger partial charge in [0.2, 0.25) is 0 Å². The Bertz CT molecular complexity index is 398. The normalized spacial score (nSPS) is 16.2. The predicted molar refractivity (Wildman–Crippen MR) is 62.0 cm³/mol. The molecule has 1 saturated heterocycles. The van der Waals surface area contributed by atoms with Crippen LogP contribution >= 0.6 is 0 Å². The highest BCUT2D eigenvalue weighted by Gasteiger charge is 2.20. The summed E-state index contributed by atoms with van der Waals surface area (Å²) in [6, 6.07) is 1.58. The first-order valence-electron chi connectivity index (χ1n) is 5.64. The summed E-state index contributed by atoms with van der Waals surface area (Å²) in [6.45, 7) is 3.75. The Morgan fingerprint density at radius 3 is 2.69 bits per heavy atom. The van der Waals surface area contributed by atoms with Gasteiger partial charge in [0.05, 0.1) is 16.9 Å². The molecule has 1 fully saturated rings. The molecule has 1 aromatic rings. The van der Waals surface area contributed by atoms with E-state index in [9.17, 15) is 4.79 Å². The van der Waals surface area contributed by atoms with E-state index in [0.29, 0.717) is 5.56 Å². The Labute approximate surface area is 94.9 Å². The second kappa shape index (κ2) is 4.51. The van der Waals surface area contributed by atoms with Crippen LogP contribution in [0.15, 0.2) is 12.3 Å². The molecule has 4 heteroatoms. The van der Waals surface area contributed by atoms with Crippen LogP contribution in [-0.2, 0) is 0 Å². The number of pyridine rings is 1. The molecule has 0 amide bonds. The molecule has 16 heavy (non-hydrogen) atoms. The van der Waals surface area contributed by atoms with Crippen molar-refractivity contribution in [2.24, 2.45) is 0 Å². The van der Waals surface area contributed by atoms with Crippen LogP contribution < -0.4 is 4.90 Å². The molecule has 0 aromatic carbocycles. The van der Waals surface area contributed by atoms with Crippen LogP contribution in [0.25, 0.3) is 0 Å². The minimum Gasteiger partial charge on any atom is -0.478 e. The lowest BCUT2D eigenvalue weighted by Gasteiger charge is -2.30.